The van der Waals surface area contributed by atoms with Crippen molar-refractivity contribution in [3.8, 4) is 0 Å². The van der Waals surface area contributed by atoms with Gasteiger partial charge in [0.05, 0.1) is 5.52 Å². The second-order valence-corrected chi connectivity index (χ2v) is 4.26. The molecule has 1 aliphatic rings. The highest BCUT2D eigenvalue weighted by Gasteiger charge is 2.28. The van der Waals surface area contributed by atoms with E-state index in [4.69, 9.17) is 12.2 Å². The van der Waals surface area contributed by atoms with Crippen molar-refractivity contribution in [3.63, 3.8) is 0 Å². The van der Waals surface area contributed by atoms with Crippen molar-refractivity contribution >= 4 is 34.1 Å². The third kappa shape index (κ3) is 1.74. The molecule has 1 amide bonds. The van der Waals surface area contributed by atoms with Crippen LogP contribution in [0.3, 0.4) is 0 Å². The van der Waals surface area contributed by atoms with Gasteiger partial charge in [0.1, 0.15) is 6.04 Å². The van der Waals surface area contributed by atoms with Crippen LogP contribution in [0.25, 0.3) is 10.9 Å². The average Bonchev–Trinajstić information content (AvgIpc) is 2.68. The number of pyridine rings is 1. The largest absolute Gasteiger partial charge is 0.347 e. The molecule has 1 aliphatic heterocycles. The lowest BCUT2D eigenvalue weighted by Gasteiger charge is -2.08. The number of hydrogen-bond acceptors (Lipinski definition) is 3. The van der Waals surface area contributed by atoms with Crippen molar-refractivity contribution in [2.24, 2.45) is 0 Å². The Kier molecular flexibility index (Phi) is 2.26. The second kappa shape index (κ2) is 3.78. The minimum atomic E-state index is -0.396. The lowest BCUT2D eigenvalue weighted by molar-refractivity contribution is -0.120. The van der Waals surface area contributed by atoms with Gasteiger partial charge >= 0.3 is 0 Å². The molecule has 0 spiro atoms. The molecule has 2 N–H and O–H groups in total. The van der Waals surface area contributed by atoms with Crippen LogP contribution >= 0.6 is 12.2 Å². The number of thiocarbonyl (C=S) groups is 1. The van der Waals surface area contributed by atoms with Crippen LogP contribution in [0.4, 0.5) is 0 Å². The number of rotatable bonds is 1. The van der Waals surface area contributed by atoms with Gasteiger partial charge in [0.15, 0.2) is 5.11 Å². The zero-order valence-corrected chi connectivity index (χ0v) is 9.62. The monoisotopic (exact) mass is 243 g/mol. The maximum Gasteiger partial charge on any atom is 0.253 e. The Morgan fingerprint density at radius 1 is 1.29 bits per heavy atom. The van der Waals surface area contributed by atoms with Gasteiger partial charge in [0.2, 0.25) is 0 Å². The van der Waals surface area contributed by atoms with Crippen molar-refractivity contribution in [2.75, 3.05) is 0 Å². The summed E-state index contributed by atoms with van der Waals surface area (Å²) in [6.07, 6.45) is 1.75. The molecule has 4 nitrogen and oxygen atoms in total. The Labute approximate surface area is 103 Å². The number of carbonyl (C=O) groups is 1. The van der Waals surface area contributed by atoms with E-state index in [9.17, 15) is 4.79 Å². The van der Waals surface area contributed by atoms with Crippen LogP contribution in [0.1, 0.15) is 11.6 Å². The molecular weight excluding hydrogens is 234 g/mol. The first kappa shape index (κ1) is 10.2. The summed E-state index contributed by atoms with van der Waals surface area (Å²) in [5, 5.41) is 6.91. The van der Waals surface area contributed by atoms with Gasteiger partial charge in [-0.1, -0.05) is 12.1 Å². The molecule has 1 fully saturated rings. The summed E-state index contributed by atoms with van der Waals surface area (Å²) in [7, 11) is 0. The van der Waals surface area contributed by atoms with E-state index in [0.717, 1.165) is 16.5 Å². The normalized spacial score (nSPS) is 19.2. The van der Waals surface area contributed by atoms with E-state index in [-0.39, 0.29) is 5.91 Å². The highest BCUT2D eigenvalue weighted by Crippen LogP contribution is 2.21. The van der Waals surface area contributed by atoms with Crippen LogP contribution in [0, 0.1) is 0 Å². The van der Waals surface area contributed by atoms with Crippen LogP contribution < -0.4 is 10.6 Å². The maximum atomic E-state index is 11.6. The fourth-order valence-electron chi connectivity index (χ4n) is 1.93. The lowest BCUT2D eigenvalue weighted by atomic mass is 10.0. The summed E-state index contributed by atoms with van der Waals surface area (Å²) in [5.74, 6) is -0.113. The van der Waals surface area contributed by atoms with E-state index < -0.39 is 6.04 Å². The summed E-state index contributed by atoms with van der Waals surface area (Å²) in [5.41, 5.74) is 1.81. The fraction of sp³-hybridized carbons (Fsp3) is 0.0833. The van der Waals surface area contributed by atoms with Gasteiger partial charge in [-0.2, -0.15) is 0 Å². The number of benzene rings is 1. The van der Waals surface area contributed by atoms with Gasteiger partial charge in [0, 0.05) is 11.6 Å². The van der Waals surface area contributed by atoms with E-state index >= 15 is 0 Å². The molecule has 1 aromatic heterocycles. The zero-order valence-electron chi connectivity index (χ0n) is 8.81. The summed E-state index contributed by atoms with van der Waals surface area (Å²) < 4.78 is 0. The minimum Gasteiger partial charge on any atom is -0.347 e. The molecule has 0 radical (unpaired) electrons. The van der Waals surface area contributed by atoms with E-state index in [1.807, 2.05) is 30.3 Å². The van der Waals surface area contributed by atoms with Crippen molar-refractivity contribution < 1.29 is 4.79 Å². The number of carbonyl (C=O) groups excluding carboxylic acids is 1. The molecule has 5 heteroatoms. The Hall–Kier alpha value is -2.01. The molecular formula is C12H9N3OS. The molecule has 1 unspecified atom stereocenters. The second-order valence-electron chi connectivity index (χ2n) is 3.85. The summed E-state index contributed by atoms with van der Waals surface area (Å²) >= 11 is 4.91. The number of nitrogens with zero attached hydrogens (tertiary/aromatic N) is 1. The third-order valence-electron chi connectivity index (χ3n) is 2.73. The Morgan fingerprint density at radius 3 is 2.94 bits per heavy atom. The molecule has 17 heavy (non-hydrogen) atoms. The molecule has 2 heterocycles. The highest BCUT2D eigenvalue weighted by atomic mass is 32.1. The van der Waals surface area contributed by atoms with Crippen LogP contribution in [0.2, 0.25) is 0 Å². The van der Waals surface area contributed by atoms with Gasteiger partial charge in [-0.25, -0.2) is 0 Å². The first-order valence-electron chi connectivity index (χ1n) is 5.20. The first-order chi connectivity index (χ1) is 8.24. The number of nitrogens with one attached hydrogen (secondary N) is 2. The number of fused-ring (bicyclic) bond motifs is 1. The molecule has 1 aromatic carbocycles. The number of hydrogen-bond donors (Lipinski definition) is 2. The van der Waals surface area contributed by atoms with Crippen LogP contribution in [0.5, 0.6) is 0 Å². The summed E-state index contributed by atoms with van der Waals surface area (Å²) in [6, 6.07) is 9.19. The fourth-order valence-corrected chi connectivity index (χ4v) is 2.14. The Balaban J connectivity index is 2.06. The predicted molar refractivity (Wildman–Crippen MR) is 68.4 cm³/mol. The van der Waals surface area contributed by atoms with Crippen molar-refractivity contribution in [3.05, 3.63) is 42.1 Å². The van der Waals surface area contributed by atoms with Gasteiger partial charge in [-0.05, 0) is 36.0 Å². The smallest absolute Gasteiger partial charge is 0.253 e. The Bertz CT molecular complexity index is 626. The molecule has 1 atom stereocenters. The quantitative estimate of drug-likeness (QED) is 0.741. The third-order valence-corrected chi connectivity index (χ3v) is 2.95. The number of amides is 1. The number of aromatic nitrogens is 1. The first-order valence-corrected chi connectivity index (χ1v) is 5.61. The zero-order chi connectivity index (χ0) is 11.8. The van der Waals surface area contributed by atoms with Crippen LogP contribution in [-0.2, 0) is 4.79 Å². The van der Waals surface area contributed by atoms with Crippen molar-refractivity contribution in [2.45, 2.75) is 6.04 Å². The molecule has 0 bridgehead atoms. The molecule has 3 rings (SSSR count). The van der Waals surface area contributed by atoms with E-state index in [0.29, 0.717) is 5.11 Å². The molecule has 2 aromatic rings. The van der Waals surface area contributed by atoms with E-state index in [1.54, 1.807) is 6.20 Å². The topological polar surface area (TPSA) is 54.0 Å². The minimum absolute atomic E-state index is 0.113. The van der Waals surface area contributed by atoms with Crippen LogP contribution in [-0.4, -0.2) is 16.0 Å². The van der Waals surface area contributed by atoms with E-state index in [1.165, 1.54) is 0 Å². The van der Waals surface area contributed by atoms with Crippen molar-refractivity contribution in [1.82, 2.24) is 15.6 Å². The summed E-state index contributed by atoms with van der Waals surface area (Å²) in [4.78, 5) is 15.9. The Morgan fingerprint density at radius 2 is 2.18 bits per heavy atom. The SMILES string of the molecule is O=C1NC(=S)NC1c1ccc2ncccc2c1. The van der Waals surface area contributed by atoms with Gasteiger partial charge in [-0.3, -0.25) is 9.78 Å². The molecule has 0 aliphatic carbocycles. The highest BCUT2D eigenvalue weighted by molar-refractivity contribution is 7.80. The van der Waals surface area contributed by atoms with Gasteiger partial charge in [0.25, 0.3) is 5.91 Å². The average molecular weight is 243 g/mol. The standard InChI is InChI=1S/C12H9N3OS/c16-11-10(14-12(17)15-11)8-3-4-9-7(6-8)2-1-5-13-9/h1-6,10H,(H2,14,15,16,17). The summed E-state index contributed by atoms with van der Waals surface area (Å²) in [6.45, 7) is 0. The molecule has 84 valence electrons. The van der Waals surface area contributed by atoms with Gasteiger partial charge < -0.3 is 10.6 Å². The lowest BCUT2D eigenvalue weighted by Crippen LogP contribution is -2.21. The maximum absolute atomic E-state index is 11.6. The van der Waals surface area contributed by atoms with Gasteiger partial charge in [-0.15, -0.1) is 0 Å². The van der Waals surface area contributed by atoms with Crippen molar-refractivity contribution in [1.29, 1.82) is 0 Å². The predicted octanol–water partition coefficient (Wildman–Crippen LogP) is 1.28. The van der Waals surface area contributed by atoms with E-state index in [2.05, 4.69) is 15.6 Å². The molecule has 0 saturated carbocycles. The van der Waals surface area contributed by atoms with Crippen LogP contribution in [0.15, 0.2) is 36.5 Å². The molecule has 1 saturated heterocycles.